The van der Waals surface area contributed by atoms with E-state index in [1.807, 2.05) is 0 Å². The van der Waals surface area contributed by atoms with Crippen LogP contribution in [-0.4, -0.2) is 34.9 Å². The first-order chi connectivity index (χ1) is 10.5. The Bertz CT molecular complexity index is 608. The van der Waals surface area contributed by atoms with Crippen LogP contribution in [0.3, 0.4) is 0 Å². The van der Waals surface area contributed by atoms with Crippen molar-refractivity contribution in [2.75, 3.05) is 0 Å². The summed E-state index contributed by atoms with van der Waals surface area (Å²) in [7, 11) is 0. The molecule has 116 valence electrons. The molecule has 1 aliphatic rings. The van der Waals surface area contributed by atoms with E-state index in [2.05, 4.69) is 5.32 Å². The van der Waals surface area contributed by atoms with Gasteiger partial charge in [-0.05, 0) is 18.6 Å². The molecule has 1 unspecified atom stereocenters. The molecule has 0 spiro atoms. The van der Waals surface area contributed by atoms with Gasteiger partial charge in [0.25, 0.3) is 11.8 Å². The first kappa shape index (κ1) is 15.5. The van der Waals surface area contributed by atoms with Gasteiger partial charge in [0.2, 0.25) is 0 Å². The second-order valence-corrected chi connectivity index (χ2v) is 4.71. The number of imide groups is 1. The molecule has 0 radical (unpaired) electrons. The zero-order valence-corrected chi connectivity index (χ0v) is 11.9. The number of primary amides is 1. The van der Waals surface area contributed by atoms with Crippen molar-refractivity contribution in [3.63, 3.8) is 0 Å². The highest BCUT2D eigenvalue weighted by Gasteiger charge is 2.39. The van der Waals surface area contributed by atoms with Crippen molar-refractivity contribution in [3.05, 3.63) is 35.4 Å². The largest absolute Gasteiger partial charge is 0.355 e. The van der Waals surface area contributed by atoms with E-state index < -0.39 is 29.9 Å². The number of nitrogens with two attached hydrogens (primary N) is 1. The molecule has 0 fully saturated rings. The highest BCUT2D eigenvalue weighted by Crippen LogP contribution is 2.23. The summed E-state index contributed by atoms with van der Waals surface area (Å²) in [6, 6.07) is 4.22. The van der Waals surface area contributed by atoms with E-state index in [0.29, 0.717) is 11.5 Å². The van der Waals surface area contributed by atoms with E-state index in [-0.39, 0.29) is 17.5 Å². The molecule has 0 bridgehead atoms. The van der Waals surface area contributed by atoms with Crippen molar-refractivity contribution >= 4 is 23.8 Å². The second-order valence-electron chi connectivity index (χ2n) is 4.71. The van der Waals surface area contributed by atoms with Gasteiger partial charge in [-0.25, -0.2) is 9.59 Å². The fraction of sp³-hybridized carbons (Fsp3) is 0.286. The Kier molecular flexibility index (Phi) is 4.40. The number of hydrogen-bond acceptors (Lipinski definition) is 5. The van der Waals surface area contributed by atoms with Gasteiger partial charge < -0.3 is 15.9 Å². The molecule has 1 aromatic carbocycles. The number of hydroxylamine groups is 2. The van der Waals surface area contributed by atoms with Gasteiger partial charge in [-0.3, -0.25) is 9.59 Å². The van der Waals surface area contributed by atoms with E-state index in [9.17, 15) is 19.2 Å². The van der Waals surface area contributed by atoms with Crippen LogP contribution in [0.2, 0.25) is 0 Å². The molecule has 22 heavy (non-hydrogen) atoms. The smallest absolute Gasteiger partial charge is 0.352 e. The summed E-state index contributed by atoms with van der Waals surface area (Å²) < 4.78 is 0. The van der Waals surface area contributed by atoms with Crippen molar-refractivity contribution in [2.45, 2.75) is 25.8 Å². The van der Waals surface area contributed by atoms with Gasteiger partial charge in [-0.15, -0.1) is 0 Å². The average Bonchev–Trinajstić information content (AvgIpc) is 2.72. The Balaban J connectivity index is 2.14. The molecule has 1 atom stereocenters. The minimum atomic E-state index is -1.02. The molecular weight excluding hydrogens is 290 g/mol. The zero-order valence-electron chi connectivity index (χ0n) is 11.9. The van der Waals surface area contributed by atoms with Crippen molar-refractivity contribution < 1.29 is 24.0 Å². The standard InChI is InChI=1S/C14H15N3O5/c1-2-5-10(16-14(15)21)13(20)22-17-11(18)8-6-3-4-7-9(8)12(17)19/h3-4,6-7,10H,2,5H2,1H3,(H3,15,16,21). The highest BCUT2D eigenvalue weighted by atomic mass is 16.7. The van der Waals surface area contributed by atoms with Gasteiger partial charge >= 0.3 is 12.0 Å². The summed E-state index contributed by atoms with van der Waals surface area (Å²) in [5, 5.41) is 2.62. The molecule has 0 aromatic heterocycles. The van der Waals surface area contributed by atoms with E-state index in [4.69, 9.17) is 10.6 Å². The number of nitrogens with one attached hydrogen (secondary N) is 1. The lowest BCUT2D eigenvalue weighted by atomic mass is 10.1. The number of amides is 4. The van der Waals surface area contributed by atoms with Crippen LogP contribution in [-0.2, 0) is 9.63 Å². The van der Waals surface area contributed by atoms with Crippen molar-refractivity contribution in [3.8, 4) is 0 Å². The van der Waals surface area contributed by atoms with Gasteiger partial charge in [0.15, 0.2) is 0 Å². The van der Waals surface area contributed by atoms with E-state index in [1.54, 1.807) is 19.1 Å². The normalized spacial score (nSPS) is 14.5. The van der Waals surface area contributed by atoms with Gasteiger partial charge in [0.05, 0.1) is 11.1 Å². The van der Waals surface area contributed by atoms with Crippen LogP contribution in [0.25, 0.3) is 0 Å². The molecule has 1 aromatic rings. The van der Waals surface area contributed by atoms with Crippen LogP contribution in [0.1, 0.15) is 40.5 Å². The fourth-order valence-electron chi connectivity index (χ4n) is 2.11. The van der Waals surface area contributed by atoms with Crippen LogP contribution >= 0.6 is 0 Å². The average molecular weight is 305 g/mol. The maximum absolute atomic E-state index is 12.1. The molecule has 3 N–H and O–H groups in total. The Hall–Kier alpha value is -2.90. The lowest BCUT2D eigenvalue weighted by Crippen LogP contribution is -2.47. The summed E-state index contributed by atoms with van der Waals surface area (Å²) in [6.07, 6.45) is 0.840. The molecule has 0 saturated heterocycles. The Labute approximate surface area is 126 Å². The molecule has 1 aliphatic heterocycles. The van der Waals surface area contributed by atoms with Crippen molar-refractivity contribution in [2.24, 2.45) is 5.73 Å². The minimum absolute atomic E-state index is 0.162. The molecule has 0 aliphatic carbocycles. The monoisotopic (exact) mass is 305 g/mol. The summed E-state index contributed by atoms with van der Waals surface area (Å²) in [6.45, 7) is 1.80. The van der Waals surface area contributed by atoms with Crippen molar-refractivity contribution in [1.29, 1.82) is 0 Å². The highest BCUT2D eigenvalue weighted by molar-refractivity contribution is 6.20. The number of rotatable bonds is 5. The Morgan fingerprint density at radius 3 is 2.23 bits per heavy atom. The van der Waals surface area contributed by atoms with E-state index >= 15 is 0 Å². The number of carbonyl (C=O) groups is 4. The van der Waals surface area contributed by atoms with E-state index in [1.165, 1.54) is 12.1 Å². The van der Waals surface area contributed by atoms with Crippen LogP contribution < -0.4 is 11.1 Å². The quantitative estimate of drug-likeness (QED) is 0.771. The molecular formula is C14H15N3O5. The fourth-order valence-corrected chi connectivity index (χ4v) is 2.11. The summed E-state index contributed by atoms with van der Waals surface area (Å²) in [5.74, 6) is -2.36. The summed E-state index contributed by atoms with van der Waals surface area (Å²) in [5.41, 5.74) is 5.31. The van der Waals surface area contributed by atoms with Gasteiger partial charge in [-0.2, -0.15) is 0 Å². The third-order valence-corrected chi connectivity index (χ3v) is 3.12. The Morgan fingerprint density at radius 1 is 1.23 bits per heavy atom. The lowest BCUT2D eigenvalue weighted by Gasteiger charge is -2.18. The second kappa shape index (κ2) is 6.25. The molecule has 0 saturated carbocycles. The third kappa shape index (κ3) is 2.90. The van der Waals surface area contributed by atoms with Crippen LogP contribution in [0.4, 0.5) is 4.79 Å². The summed E-state index contributed by atoms with van der Waals surface area (Å²) in [4.78, 5) is 51.9. The maximum Gasteiger partial charge on any atom is 0.355 e. The minimum Gasteiger partial charge on any atom is -0.352 e. The predicted octanol–water partition coefficient (Wildman–Crippen LogP) is 0.578. The molecule has 1 heterocycles. The molecule has 8 nitrogen and oxygen atoms in total. The van der Waals surface area contributed by atoms with Crippen LogP contribution in [0.5, 0.6) is 0 Å². The maximum atomic E-state index is 12.1. The third-order valence-electron chi connectivity index (χ3n) is 3.12. The van der Waals surface area contributed by atoms with Gasteiger partial charge in [-0.1, -0.05) is 30.5 Å². The lowest BCUT2D eigenvalue weighted by molar-refractivity contribution is -0.171. The number of hydrogen-bond donors (Lipinski definition) is 2. The first-order valence-electron chi connectivity index (χ1n) is 6.71. The Morgan fingerprint density at radius 2 is 1.77 bits per heavy atom. The molecule has 4 amide bonds. The number of carbonyl (C=O) groups excluding carboxylic acids is 4. The van der Waals surface area contributed by atoms with Crippen LogP contribution in [0.15, 0.2) is 24.3 Å². The van der Waals surface area contributed by atoms with Crippen LogP contribution in [0, 0.1) is 0 Å². The molecule has 8 heteroatoms. The topological polar surface area (TPSA) is 119 Å². The summed E-state index contributed by atoms with van der Waals surface area (Å²) >= 11 is 0. The predicted molar refractivity (Wildman–Crippen MR) is 74.4 cm³/mol. The van der Waals surface area contributed by atoms with Gasteiger partial charge in [0.1, 0.15) is 6.04 Å². The first-order valence-corrected chi connectivity index (χ1v) is 6.71. The SMILES string of the molecule is CCCC(NC(N)=O)C(=O)ON1C(=O)c2ccccc2C1=O. The van der Waals surface area contributed by atoms with Crippen molar-refractivity contribution in [1.82, 2.24) is 10.4 Å². The number of benzene rings is 1. The van der Waals surface area contributed by atoms with Gasteiger partial charge in [0, 0.05) is 0 Å². The zero-order chi connectivity index (χ0) is 16.3. The van der Waals surface area contributed by atoms with E-state index in [0.717, 1.165) is 0 Å². The molecule has 2 rings (SSSR count). The number of urea groups is 1. The number of fused-ring (bicyclic) bond motifs is 1. The number of nitrogens with zero attached hydrogens (tertiary/aromatic N) is 1.